The number of benzene rings is 3. The maximum absolute atomic E-state index is 13.4. The molecule has 0 spiro atoms. The van der Waals surface area contributed by atoms with Crippen LogP contribution in [0.1, 0.15) is 24.1 Å². The van der Waals surface area contributed by atoms with Gasteiger partial charge in [-0.05, 0) is 56.3 Å². The Labute approximate surface area is 193 Å². The zero-order chi connectivity index (χ0) is 23.3. The summed E-state index contributed by atoms with van der Waals surface area (Å²) in [6.45, 7) is 3.30. The number of nitrogens with one attached hydrogen (secondary N) is 1. The first kappa shape index (κ1) is 23.6. The van der Waals surface area contributed by atoms with Gasteiger partial charge in [-0.15, -0.1) is 0 Å². The Hall–Kier alpha value is -3.03. The first-order valence-electron chi connectivity index (χ1n) is 9.99. The Kier molecular flexibility index (Phi) is 7.43. The fourth-order valence-electron chi connectivity index (χ4n) is 3.28. The zero-order valence-corrected chi connectivity index (χ0v) is 19.7. The number of carbonyl (C=O) groups is 1. The second kappa shape index (κ2) is 10.1. The highest BCUT2D eigenvalue weighted by molar-refractivity contribution is 7.92. The summed E-state index contributed by atoms with van der Waals surface area (Å²) in [4.78, 5) is 13.0. The molecular weight excluding hydrogens is 448 g/mol. The van der Waals surface area contributed by atoms with E-state index in [4.69, 9.17) is 16.3 Å². The lowest BCUT2D eigenvalue weighted by Gasteiger charge is -2.25. The summed E-state index contributed by atoms with van der Waals surface area (Å²) in [5.74, 6) is 0.191. The Morgan fingerprint density at radius 2 is 1.66 bits per heavy atom. The normalized spacial score (nSPS) is 12.1. The van der Waals surface area contributed by atoms with Crippen LogP contribution in [0.3, 0.4) is 0 Å². The molecule has 0 aromatic heterocycles. The standard InChI is InChI=1S/C24H25ClN2O4S/c1-17-8-14-21(15-9-17)32(29,30)27(20-12-10-19(25)11-13-20)16-24(28)26-18(2)22-6-4-5-7-23(22)31-3/h4-15,18H,16H2,1-3H3,(H,26,28)/t18-/m0/s1. The maximum atomic E-state index is 13.4. The van der Waals surface area contributed by atoms with Gasteiger partial charge in [-0.1, -0.05) is 47.5 Å². The van der Waals surface area contributed by atoms with E-state index in [1.807, 2.05) is 32.0 Å². The number of halogens is 1. The molecule has 168 valence electrons. The number of hydrogen-bond acceptors (Lipinski definition) is 4. The van der Waals surface area contributed by atoms with E-state index in [9.17, 15) is 13.2 Å². The number of para-hydroxylation sites is 1. The lowest BCUT2D eigenvalue weighted by atomic mass is 10.1. The lowest BCUT2D eigenvalue weighted by Crippen LogP contribution is -2.41. The molecule has 0 heterocycles. The van der Waals surface area contributed by atoms with Gasteiger partial charge in [0.05, 0.1) is 23.7 Å². The second-order valence-corrected chi connectivity index (χ2v) is 9.63. The van der Waals surface area contributed by atoms with Gasteiger partial charge in [0.25, 0.3) is 10.0 Å². The van der Waals surface area contributed by atoms with Gasteiger partial charge in [-0.3, -0.25) is 9.10 Å². The largest absolute Gasteiger partial charge is 0.496 e. The van der Waals surface area contributed by atoms with Gasteiger partial charge in [0.15, 0.2) is 0 Å². The molecule has 0 fully saturated rings. The Morgan fingerprint density at radius 1 is 1.03 bits per heavy atom. The molecule has 1 amide bonds. The number of carbonyl (C=O) groups excluding carboxylic acids is 1. The molecule has 0 bridgehead atoms. The van der Waals surface area contributed by atoms with Gasteiger partial charge in [0.2, 0.25) is 5.91 Å². The molecule has 32 heavy (non-hydrogen) atoms. The lowest BCUT2D eigenvalue weighted by molar-refractivity contribution is -0.120. The molecule has 0 radical (unpaired) electrons. The summed E-state index contributed by atoms with van der Waals surface area (Å²) in [6, 6.07) is 19.8. The molecule has 6 nitrogen and oxygen atoms in total. The molecule has 0 aliphatic heterocycles. The van der Waals surface area contributed by atoms with Crippen molar-refractivity contribution in [2.45, 2.75) is 24.8 Å². The predicted octanol–water partition coefficient (Wildman–Crippen LogP) is 4.73. The van der Waals surface area contributed by atoms with Crippen molar-refractivity contribution in [3.63, 3.8) is 0 Å². The van der Waals surface area contributed by atoms with Crippen molar-refractivity contribution in [3.05, 3.63) is 88.9 Å². The van der Waals surface area contributed by atoms with Crippen LogP contribution >= 0.6 is 11.6 Å². The quantitative estimate of drug-likeness (QED) is 0.514. The van der Waals surface area contributed by atoms with E-state index in [2.05, 4.69) is 5.32 Å². The predicted molar refractivity (Wildman–Crippen MR) is 127 cm³/mol. The minimum Gasteiger partial charge on any atom is -0.496 e. The fraction of sp³-hybridized carbons (Fsp3) is 0.208. The second-order valence-electron chi connectivity index (χ2n) is 7.33. The summed E-state index contributed by atoms with van der Waals surface area (Å²) >= 11 is 5.98. The average Bonchev–Trinajstić information content (AvgIpc) is 2.78. The highest BCUT2D eigenvalue weighted by Crippen LogP contribution is 2.27. The van der Waals surface area contributed by atoms with E-state index in [1.165, 1.54) is 12.1 Å². The summed E-state index contributed by atoms with van der Waals surface area (Å²) in [6.07, 6.45) is 0. The Morgan fingerprint density at radius 3 is 2.28 bits per heavy atom. The number of ether oxygens (including phenoxy) is 1. The van der Waals surface area contributed by atoms with Crippen molar-refractivity contribution in [1.29, 1.82) is 0 Å². The summed E-state index contributed by atoms with van der Waals surface area (Å²) in [5, 5.41) is 3.33. The summed E-state index contributed by atoms with van der Waals surface area (Å²) in [5.41, 5.74) is 2.07. The first-order chi connectivity index (χ1) is 15.2. The van der Waals surface area contributed by atoms with Crippen LogP contribution in [0.5, 0.6) is 5.75 Å². The molecule has 0 saturated carbocycles. The van der Waals surface area contributed by atoms with E-state index >= 15 is 0 Å². The van der Waals surface area contributed by atoms with Crippen LogP contribution in [0.25, 0.3) is 0 Å². The summed E-state index contributed by atoms with van der Waals surface area (Å²) in [7, 11) is -2.43. The van der Waals surface area contributed by atoms with Crippen LogP contribution in [0.4, 0.5) is 5.69 Å². The Bertz CT molecular complexity index is 1180. The third-order valence-electron chi connectivity index (χ3n) is 4.99. The topological polar surface area (TPSA) is 75.7 Å². The molecule has 0 unspecified atom stereocenters. The number of methoxy groups -OCH3 is 1. The average molecular weight is 473 g/mol. The van der Waals surface area contributed by atoms with Crippen molar-refractivity contribution in [2.75, 3.05) is 18.0 Å². The number of anilines is 1. The fourth-order valence-corrected chi connectivity index (χ4v) is 4.83. The van der Waals surface area contributed by atoms with Crippen LogP contribution in [-0.2, 0) is 14.8 Å². The van der Waals surface area contributed by atoms with Crippen LogP contribution in [-0.4, -0.2) is 28.0 Å². The number of nitrogens with zero attached hydrogens (tertiary/aromatic N) is 1. The SMILES string of the molecule is COc1ccccc1[C@H](C)NC(=O)CN(c1ccc(Cl)cc1)S(=O)(=O)c1ccc(C)cc1. The van der Waals surface area contributed by atoms with E-state index < -0.39 is 22.5 Å². The minimum absolute atomic E-state index is 0.101. The molecule has 1 atom stereocenters. The van der Waals surface area contributed by atoms with Crippen LogP contribution in [0, 0.1) is 6.92 Å². The molecule has 8 heteroatoms. The number of hydrogen-bond donors (Lipinski definition) is 1. The first-order valence-corrected chi connectivity index (χ1v) is 11.8. The van der Waals surface area contributed by atoms with Crippen molar-refractivity contribution in [1.82, 2.24) is 5.32 Å². The Balaban J connectivity index is 1.89. The van der Waals surface area contributed by atoms with Gasteiger partial charge < -0.3 is 10.1 Å². The number of aryl methyl sites for hydroxylation is 1. The minimum atomic E-state index is -3.99. The summed E-state index contributed by atoms with van der Waals surface area (Å²) < 4.78 is 33.3. The van der Waals surface area contributed by atoms with Crippen molar-refractivity contribution < 1.29 is 17.9 Å². The van der Waals surface area contributed by atoms with Crippen LogP contribution < -0.4 is 14.4 Å². The molecular formula is C24H25ClN2O4S. The number of rotatable bonds is 8. The molecule has 3 aromatic carbocycles. The van der Waals surface area contributed by atoms with Crippen molar-refractivity contribution in [2.24, 2.45) is 0 Å². The van der Waals surface area contributed by atoms with Crippen molar-refractivity contribution in [3.8, 4) is 5.75 Å². The molecule has 3 rings (SSSR count). The van der Waals surface area contributed by atoms with E-state index in [-0.39, 0.29) is 10.9 Å². The molecule has 0 aliphatic carbocycles. The van der Waals surface area contributed by atoms with Crippen molar-refractivity contribution >= 4 is 33.2 Å². The van der Waals surface area contributed by atoms with Gasteiger partial charge in [-0.2, -0.15) is 0 Å². The zero-order valence-electron chi connectivity index (χ0n) is 18.1. The molecule has 0 saturated heterocycles. The highest BCUT2D eigenvalue weighted by atomic mass is 35.5. The third kappa shape index (κ3) is 5.41. The van der Waals surface area contributed by atoms with Crippen LogP contribution in [0.2, 0.25) is 5.02 Å². The van der Waals surface area contributed by atoms with Gasteiger partial charge >= 0.3 is 0 Å². The van der Waals surface area contributed by atoms with Gasteiger partial charge in [0.1, 0.15) is 12.3 Å². The smallest absolute Gasteiger partial charge is 0.264 e. The monoisotopic (exact) mass is 472 g/mol. The van der Waals surface area contributed by atoms with Crippen LogP contribution in [0.15, 0.2) is 77.7 Å². The molecule has 0 aliphatic rings. The van der Waals surface area contributed by atoms with Gasteiger partial charge in [0, 0.05) is 10.6 Å². The highest BCUT2D eigenvalue weighted by Gasteiger charge is 2.28. The van der Waals surface area contributed by atoms with E-state index in [0.717, 1.165) is 15.4 Å². The molecule has 1 N–H and O–H groups in total. The number of sulfonamides is 1. The maximum Gasteiger partial charge on any atom is 0.264 e. The molecule has 3 aromatic rings. The van der Waals surface area contributed by atoms with E-state index in [1.54, 1.807) is 49.6 Å². The number of amides is 1. The van der Waals surface area contributed by atoms with Gasteiger partial charge in [-0.25, -0.2) is 8.42 Å². The van der Waals surface area contributed by atoms with E-state index in [0.29, 0.717) is 16.5 Å². The third-order valence-corrected chi connectivity index (χ3v) is 7.03.